The molecular formula is C39H42Br2Cl2Zr. The first kappa shape index (κ1) is 35.5. The molecule has 0 bridgehead atoms. The fourth-order valence-electron chi connectivity index (χ4n) is 7.18. The van der Waals surface area contributed by atoms with E-state index in [1.165, 1.54) is 46.5 Å². The third kappa shape index (κ3) is 5.62. The van der Waals surface area contributed by atoms with Crippen molar-refractivity contribution in [3.63, 3.8) is 0 Å². The van der Waals surface area contributed by atoms with Crippen LogP contribution in [-0.2, 0) is 35.5 Å². The van der Waals surface area contributed by atoms with E-state index in [0.717, 1.165) is 21.8 Å². The molecule has 0 heterocycles. The van der Waals surface area contributed by atoms with Gasteiger partial charge in [-0.2, -0.15) is 0 Å². The van der Waals surface area contributed by atoms with Crippen LogP contribution in [0.3, 0.4) is 0 Å². The molecule has 0 spiro atoms. The number of allylic oxidation sites excluding steroid dienone is 4. The molecule has 0 saturated carbocycles. The number of fused-ring (bicyclic) bond motifs is 3. The van der Waals surface area contributed by atoms with Crippen LogP contribution >= 0.6 is 56.7 Å². The van der Waals surface area contributed by atoms with E-state index in [9.17, 15) is 0 Å². The average molecular weight is 833 g/mol. The van der Waals surface area contributed by atoms with Gasteiger partial charge >= 0.3 is 272 Å². The summed E-state index contributed by atoms with van der Waals surface area (Å²) >= 11 is 2.71. The first-order valence-corrected chi connectivity index (χ1v) is 23.2. The molecule has 0 N–H and O–H groups in total. The molecule has 0 fully saturated rings. The second-order valence-corrected chi connectivity index (χ2v) is 29.1. The Morgan fingerprint density at radius 3 is 1.66 bits per heavy atom. The Balaban J connectivity index is 0.00000221. The predicted molar refractivity (Wildman–Crippen MR) is 203 cm³/mol. The zero-order chi connectivity index (χ0) is 30.1. The molecule has 2 aliphatic rings. The molecular weight excluding hydrogens is 790 g/mol. The van der Waals surface area contributed by atoms with Crippen molar-refractivity contribution in [1.82, 2.24) is 0 Å². The van der Waals surface area contributed by atoms with Gasteiger partial charge in [0.15, 0.2) is 0 Å². The molecule has 4 aromatic carbocycles. The minimum atomic E-state index is -4.76. The Bertz CT molecular complexity index is 1800. The second kappa shape index (κ2) is 12.4. The molecule has 0 atom stereocenters. The van der Waals surface area contributed by atoms with Crippen LogP contribution < -0.4 is 9.81 Å². The Hall–Kier alpha value is -1.35. The summed E-state index contributed by atoms with van der Waals surface area (Å²) in [5.41, 5.74) is 8.57. The summed E-state index contributed by atoms with van der Waals surface area (Å²) in [5.74, 6) is 0. The van der Waals surface area contributed by atoms with Gasteiger partial charge in [-0.3, -0.25) is 0 Å². The first-order chi connectivity index (χ1) is 19.7. The third-order valence-corrected chi connectivity index (χ3v) is 27.2. The summed E-state index contributed by atoms with van der Waals surface area (Å²) < 4.78 is 13.6. The topological polar surface area (TPSA) is 0 Å². The molecule has 0 aliphatic heterocycles. The normalized spacial score (nSPS) is 14.3. The van der Waals surface area contributed by atoms with Crippen molar-refractivity contribution in [2.45, 2.75) is 65.2 Å². The summed E-state index contributed by atoms with van der Waals surface area (Å²) in [6.07, 6.45) is 8.87. The molecule has 2 aliphatic carbocycles. The van der Waals surface area contributed by atoms with Crippen molar-refractivity contribution >= 4 is 70.7 Å². The first-order valence-electron chi connectivity index (χ1n) is 14.9. The van der Waals surface area contributed by atoms with E-state index in [0.29, 0.717) is 0 Å². The van der Waals surface area contributed by atoms with Gasteiger partial charge in [-0.25, -0.2) is 0 Å². The van der Waals surface area contributed by atoms with E-state index in [-0.39, 0.29) is 35.6 Å². The number of rotatable bonds is 4. The summed E-state index contributed by atoms with van der Waals surface area (Å²) in [4.78, 5) is 0. The van der Waals surface area contributed by atoms with Crippen molar-refractivity contribution in [2.24, 2.45) is 0 Å². The van der Waals surface area contributed by atoms with Crippen molar-refractivity contribution in [2.75, 3.05) is 0 Å². The molecule has 230 valence electrons. The minimum absolute atomic E-state index is 0. The van der Waals surface area contributed by atoms with Crippen LogP contribution in [0, 0.1) is 0 Å². The van der Waals surface area contributed by atoms with Crippen molar-refractivity contribution < 1.29 is 18.3 Å². The van der Waals surface area contributed by atoms with Crippen LogP contribution in [0.25, 0.3) is 11.1 Å². The van der Waals surface area contributed by atoms with Crippen LogP contribution in [0.4, 0.5) is 0 Å². The van der Waals surface area contributed by atoms with Gasteiger partial charge in [0.2, 0.25) is 0 Å². The van der Waals surface area contributed by atoms with Gasteiger partial charge in [-0.15, -0.1) is 24.8 Å². The molecule has 0 nitrogen and oxygen atoms in total. The molecule has 0 saturated heterocycles. The van der Waals surface area contributed by atoms with Gasteiger partial charge in [0.25, 0.3) is 0 Å². The molecule has 0 unspecified atom stereocenters. The average Bonchev–Trinajstić information content (AvgIpc) is 3.61. The quantitative estimate of drug-likeness (QED) is 0.169. The van der Waals surface area contributed by atoms with E-state index >= 15 is 0 Å². The molecule has 4 aromatic rings. The van der Waals surface area contributed by atoms with E-state index in [4.69, 9.17) is 4.21 Å². The second-order valence-electron chi connectivity index (χ2n) is 14.4. The zero-order valence-electron chi connectivity index (χ0n) is 26.4. The van der Waals surface area contributed by atoms with Gasteiger partial charge in [-0.1, -0.05) is 0 Å². The van der Waals surface area contributed by atoms with Gasteiger partial charge in [0, 0.05) is 0 Å². The summed E-state index contributed by atoms with van der Waals surface area (Å²) in [6.45, 7) is 14.0. The third-order valence-electron chi connectivity index (χ3n) is 9.79. The SMILES string of the molecule is Cl.Cl.[CH2]=[Zr]([C]1=CC=CC1)([c]1ccc(Br)cc1)([c]1ccc(Br)cc1)[c]1cc(C(C)(C)C)cc2c1Cc1ccc(C(C)(C)C)cc1-2. The zero-order valence-corrected chi connectivity index (χ0v) is 33.7. The van der Waals surface area contributed by atoms with E-state index < -0.39 is 18.3 Å². The van der Waals surface area contributed by atoms with Gasteiger partial charge in [-0.05, 0) is 0 Å². The van der Waals surface area contributed by atoms with E-state index in [1.54, 1.807) is 0 Å². The predicted octanol–water partition coefficient (Wildman–Crippen LogP) is 10.5. The number of benzene rings is 4. The molecule has 0 radical (unpaired) electrons. The number of hydrogen-bond donors (Lipinski definition) is 0. The monoisotopic (exact) mass is 828 g/mol. The van der Waals surface area contributed by atoms with Crippen molar-refractivity contribution in [3.05, 3.63) is 132 Å². The Kier molecular flexibility index (Phi) is 9.97. The van der Waals surface area contributed by atoms with Crippen LogP contribution in [-0.4, -0.2) is 4.21 Å². The summed E-state index contributed by atoms with van der Waals surface area (Å²) in [7, 11) is 0. The maximum atomic E-state index is 5.64. The summed E-state index contributed by atoms with van der Waals surface area (Å²) in [5, 5.41) is 0. The molecule has 0 amide bonds. The molecule has 5 heteroatoms. The molecule has 0 aromatic heterocycles. The van der Waals surface area contributed by atoms with Gasteiger partial charge in [0.05, 0.1) is 0 Å². The Morgan fingerprint density at radius 2 is 1.18 bits per heavy atom. The van der Waals surface area contributed by atoms with Crippen LogP contribution in [0.5, 0.6) is 0 Å². The van der Waals surface area contributed by atoms with Crippen molar-refractivity contribution in [1.29, 1.82) is 0 Å². The molecule has 44 heavy (non-hydrogen) atoms. The van der Waals surface area contributed by atoms with Crippen LogP contribution in [0.15, 0.2) is 109 Å². The molecule has 6 rings (SSSR count). The van der Waals surface area contributed by atoms with Crippen LogP contribution in [0.1, 0.15) is 70.2 Å². The Labute approximate surface area is 294 Å². The van der Waals surface area contributed by atoms with Gasteiger partial charge < -0.3 is 0 Å². The standard InChI is InChI=1S/C21H25.2C6H4Br.C5H5.CH2.2ClH.Zr/c1-20(2,3)16-9-7-14-11-15-8-10-17(21(4,5)6)13-19(15)18(14)12-16;2*7-6-4-2-1-3-5-6;1-2-4-5-3-1;;;;/h7,9-10,12-13H,11H2,1-6H3;2*2-5H;1-3H,4H2;1H2;2*1H;. The van der Waals surface area contributed by atoms with Crippen molar-refractivity contribution in [3.8, 4) is 11.1 Å². The van der Waals surface area contributed by atoms with E-state index in [1.807, 2.05) is 0 Å². The van der Waals surface area contributed by atoms with E-state index in [2.05, 4.69) is 170 Å². The maximum absolute atomic E-state index is 5.64. The number of hydrogen-bond acceptors (Lipinski definition) is 0. The summed E-state index contributed by atoms with van der Waals surface area (Å²) in [6, 6.07) is 30.6. The van der Waals surface area contributed by atoms with Crippen LogP contribution in [0.2, 0.25) is 0 Å². The van der Waals surface area contributed by atoms with Gasteiger partial charge in [0.1, 0.15) is 0 Å². The number of halogens is 4. The fraction of sp³-hybridized carbons (Fsp3) is 0.256. The Morgan fingerprint density at radius 1 is 0.659 bits per heavy atom. The fourth-order valence-corrected chi connectivity index (χ4v) is 23.1.